The largest absolute Gasteiger partial charge is 0.0839 e. The Labute approximate surface area is 356 Å². The molecular weight excluding hydrogens is 709 g/mol. The predicted octanol–water partition coefficient (Wildman–Crippen LogP) is 15.7. The Hall–Kier alpha value is -4.16. The molecule has 0 aromatic heterocycles. The average Bonchev–Trinajstić information content (AvgIpc) is 3.82. The van der Waals surface area contributed by atoms with Gasteiger partial charge >= 0.3 is 0 Å². The fourth-order valence-corrected chi connectivity index (χ4v) is 14.1. The van der Waals surface area contributed by atoms with E-state index in [4.69, 9.17) is 0 Å². The first-order chi connectivity index (χ1) is 28.5. The first-order valence-corrected chi connectivity index (χ1v) is 23.7. The predicted molar refractivity (Wildman–Crippen MR) is 249 cm³/mol. The first kappa shape index (κ1) is 37.8. The van der Waals surface area contributed by atoms with Crippen LogP contribution in [0.2, 0.25) is 0 Å². The number of hydrogen-bond acceptors (Lipinski definition) is 0. The third-order valence-corrected chi connectivity index (χ3v) is 17.5. The molecule has 0 fully saturated rings. The quantitative estimate of drug-likeness (QED) is 0.261. The molecule has 0 aromatic carbocycles. The first-order valence-electron chi connectivity index (χ1n) is 23.7. The Bertz CT molecular complexity index is 2360. The van der Waals surface area contributed by atoms with E-state index >= 15 is 0 Å². The van der Waals surface area contributed by atoms with Crippen LogP contribution in [0.25, 0.3) is 0 Å². The minimum absolute atomic E-state index is 0.0111. The van der Waals surface area contributed by atoms with Gasteiger partial charge in [-0.25, -0.2) is 0 Å². The molecule has 59 heavy (non-hydrogen) atoms. The fraction of sp³-hybridized carbons (Fsp3) is 0.458. The van der Waals surface area contributed by atoms with Gasteiger partial charge in [0.1, 0.15) is 0 Å². The van der Waals surface area contributed by atoms with E-state index in [9.17, 15) is 0 Å². The number of allylic oxidation sites excluding steroid dienone is 32. The molecule has 302 valence electrons. The van der Waals surface area contributed by atoms with Crippen molar-refractivity contribution in [2.45, 2.75) is 119 Å². The lowest BCUT2D eigenvalue weighted by Gasteiger charge is -2.44. The van der Waals surface area contributed by atoms with Crippen LogP contribution >= 0.6 is 0 Å². The smallest absolute Gasteiger partial charge is 0.0712 e. The second kappa shape index (κ2) is 13.7. The Morgan fingerprint density at radius 1 is 0.610 bits per heavy atom. The summed E-state index contributed by atoms with van der Waals surface area (Å²) in [6.45, 7) is 14.9. The van der Waals surface area contributed by atoms with E-state index in [1.165, 1.54) is 56.9 Å². The van der Waals surface area contributed by atoms with Crippen molar-refractivity contribution in [3.05, 3.63) is 188 Å². The van der Waals surface area contributed by atoms with Crippen molar-refractivity contribution in [2.75, 3.05) is 0 Å². The van der Waals surface area contributed by atoms with Crippen LogP contribution in [-0.2, 0) is 0 Å². The van der Waals surface area contributed by atoms with Crippen molar-refractivity contribution in [2.24, 2.45) is 51.2 Å². The molecule has 11 aliphatic rings. The van der Waals surface area contributed by atoms with Crippen molar-refractivity contribution in [3.63, 3.8) is 0 Å². The molecule has 0 radical (unpaired) electrons. The molecule has 0 aromatic rings. The van der Waals surface area contributed by atoms with Gasteiger partial charge in [0.2, 0.25) is 0 Å². The van der Waals surface area contributed by atoms with Gasteiger partial charge in [-0.2, -0.15) is 0 Å². The van der Waals surface area contributed by atoms with Crippen molar-refractivity contribution >= 4 is 0 Å². The zero-order valence-electron chi connectivity index (χ0n) is 36.8. The van der Waals surface area contributed by atoms with Gasteiger partial charge in [0.05, 0.1) is 5.41 Å². The lowest BCUT2D eigenvalue weighted by atomic mass is 9.60. The molecule has 0 heteroatoms. The zero-order chi connectivity index (χ0) is 40.3. The summed E-state index contributed by atoms with van der Waals surface area (Å²) in [5.74, 6) is 2.61. The van der Waals surface area contributed by atoms with Crippen molar-refractivity contribution in [3.8, 4) is 0 Å². The topological polar surface area (TPSA) is 0 Å². The lowest BCUT2D eigenvalue weighted by Crippen LogP contribution is -2.33. The highest BCUT2D eigenvalue weighted by Crippen LogP contribution is 2.68. The van der Waals surface area contributed by atoms with Crippen LogP contribution in [0.1, 0.15) is 119 Å². The minimum atomic E-state index is -0.123. The molecular formula is C59H66. The number of hydrogen-bond donors (Lipinski definition) is 0. The third kappa shape index (κ3) is 5.59. The summed E-state index contributed by atoms with van der Waals surface area (Å²) in [6.07, 6.45) is 62.2. The van der Waals surface area contributed by atoms with Crippen LogP contribution in [0.5, 0.6) is 0 Å². The van der Waals surface area contributed by atoms with Gasteiger partial charge in [0.15, 0.2) is 0 Å². The van der Waals surface area contributed by atoms with E-state index in [1.807, 2.05) is 0 Å². The van der Waals surface area contributed by atoms with E-state index in [1.54, 1.807) is 66.9 Å². The van der Waals surface area contributed by atoms with Gasteiger partial charge in [-0.05, 0) is 167 Å². The molecule has 0 saturated heterocycles. The van der Waals surface area contributed by atoms with Crippen LogP contribution in [0.15, 0.2) is 188 Å². The maximum Gasteiger partial charge on any atom is 0.0712 e. The van der Waals surface area contributed by atoms with Crippen molar-refractivity contribution < 1.29 is 0 Å². The van der Waals surface area contributed by atoms with E-state index in [0.29, 0.717) is 35.0 Å². The third-order valence-electron chi connectivity index (χ3n) is 17.5. The van der Waals surface area contributed by atoms with Gasteiger partial charge in [0.25, 0.3) is 0 Å². The second-order valence-corrected chi connectivity index (χ2v) is 21.8. The monoisotopic (exact) mass is 775 g/mol. The minimum Gasteiger partial charge on any atom is -0.0839 e. The van der Waals surface area contributed by atoms with Crippen LogP contribution < -0.4 is 0 Å². The van der Waals surface area contributed by atoms with Gasteiger partial charge in [-0.3, -0.25) is 0 Å². The van der Waals surface area contributed by atoms with Gasteiger partial charge in [-0.15, -0.1) is 0 Å². The molecule has 1 spiro atoms. The second-order valence-electron chi connectivity index (χ2n) is 21.8. The number of rotatable bonds is 5. The van der Waals surface area contributed by atoms with Crippen molar-refractivity contribution in [1.82, 2.24) is 0 Å². The van der Waals surface area contributed by atoms with Crippen LogP contribution in [0.3, 0.4) is 0 Å². The summed E-state index contributed by atoms with van der Waals surface area (Å²) < 4.78 is 0. The summed E-state index contributed by atoms with van der Waals surface area (Å²) in [5, 5.41) is 0. The highest BCUT2D eigenvalue weighted by atomic mass is 14.6. The van der Waals surface area contributed by atoms with E-state index < -0.39 is 0 Å². The standard InChI is InChI=1S/C59H66/c1-56(2,3)41-28-24-39(25-29-41)40-26-30-42(31-27-40)58(6,43-32-34-48-44-15-7-11-19-50(44)57(4,5)54(48)36-43)37-38-23-33-49-47-18-10-14-22-53(47)59(55(49)35-38)51-20-12-8-16-45(51)46-17-9-13-21-52(46)59/h7,11-15,19-22,24-26,28,30-32,34-35,40-41,43-44,50H,8-10,16-18,23,27,29,33,36-37H2,1-6H3. The summed E-state index contributed by atoms with van der Waals surface area (Å²) in [7, 11) is 0. The Morgan fingerprint density at radius 3 is 1.86 bits per heavy atom. The Balaban J connectivity index is 0.978. The lowest BCUT2D eigenvalue weighted by molar-refractivity contribution is 0.253. The maximum atomic E-state index is 2.80. The molecule has 0 nitrogen and oxygen atoms in total. The van der Waals surface area contributed by atoms with Crippen LogP contribution in [0.4, 0.5) is 0 Å². The zero-order valence-corrected chi connectivity index (χ0v) is 36.8. The maximum absolute atomic E-state index is 2.80. The Kier molecular flexibility index (Phi) is 8.76. The van der Waals surface area contributed by atoms with E-state index in [-0.39, 0.29) is 16.2 Å². The fourth-order valence-electron chi connectivity index (χ4n) is 14.1. The highest BCUT2D eigenvalue weighted by molar-refractivity contribution is 5.80. The molecule has 6 unspecified atom stereocenters. The molecule has 0 bridgehead atoms. The van der Waals surface area contributed by atoms with Gasteiger partial charge < -0.3 is 0 Å². The summed E-state index contributed by atoms with van der Waals surface area (Å²) in [4.78, 5) is 0. The highest BCUT2D eigenvalue weighted by Gasteiger charge is 2.55. The normalized spacial score (nSPS) is 32.9. The Morgan fingerprint density at radius 2 is 1.25 bits per heavy atom. The summed E-state index contributed by atoms with van der Waals surface area (Å²) in [5.41, 5.74) is 21.7. The molecule has 0 aliphatic heterocycles. The summed E-state index contributed by atoms with van der Waals surface area (Å²) in [6, 6.07) is 0. The molecule has 6 atom stereocenters. The van der Waals surface area contributed by atoms with E-state index in [0.717, 1.165) is 25.7 Å². The molecule has 11 rings (SSSR count). The summed E-state index contributed by atoms with van der Waals surface area (Å²) >= 11 is 0. The van der Waals surface area contributed by atoms with Crippen molar-refractivity contribution in [1.29, 1.82) is 0 Å². The molecule has 0 heterocycles. The molecule has 0 saturated carbocycles. The van der Waals surface area contributed by atoms with Crippen LogP contribution in [0, 0.1) is 51.2 Å². The molecule has 0 amide bonds. The van der Waals surface area contributed by atoms with Gasteiger partial charge in [-0.1, -0.05) is 168 Å². The molecule has 0 N–H and O–H groups in total. The van der Waals surface area contributed by atoms with Gasteiger partial charge in [0, 0.05) is 17.3 Å². The van der Waals surface area contributed by atoms with E-state index in [2.05, 4.69) is 157 Å². The number of fused-ring (bicyclic) bond motifs is 8. The average molecular weight is 775 g/mol. The SMILES string of the molecule is CC(C)(C)C1C=CC(C2C=CC(C(C)(CC3=CC4=C(CC3)C3=C(C=CCC3)C43C4=C(CCC=C4)C4=C3C=CCC4)C3C=CC4=C(C3)C(C)(C)C3C=CC=CC43)=CC2)=CC1. The molecule has 11 aliphatic carbocycles. The van der Waals surface area contributed by atoms with Crippen LogP contribution in [-0.4, -0.2) is 0 Å².